The summed E-state index contributed by atoms with van der Waals surface area (Å²) < 4.78 is 0. The number of amides is 1. The second-order valence-corrected chi connectivity index (χ2v) is 7.23. The Morgan fingerprint density at radius 3 is 2.38 bits per heavy atom. The van der Waals surface area contributed by atoms with Gasteiger partial charge < -0.3 is 4.90 Å². The molecule has 0 saturated heterocycles. The van der Waals surface area contributed by atoms with Gasteiger partial charge in [0.1, 0.15) is 0 Å². The van der Waals surface area contributed by atoms with Crippen LogP contribution in [-0.4, -0.2) is 17.4 Å². The third kappa shape index (κ3) is 3.11. The molecule has 1 aliphatic rings. The fourth-order valence-corrected chi connectivity index (χ4v) is 4.03. The van der Waals surface area contributed by atoms with Crippen molar-refractivity contribution in [2.24, 2.45) is 0 Å². The van der Waals surface area contributed by atoms with E-state index in [-0.39, 0.29) is 11.9 Å². The van der Waals surface area contributed by atoms with Gasteiger partial charge >= 0.3 is 0 Å². The molecule has 1 amide bonds. The molecule has 1 aliphatic heterocycles. The van der Waals surface area contributed by atoms with E-state index in [0.717, 1.165) is 17.5 Å². The van der Waals surface area contributed by atoms with Gasteiger partial charge in [-0.05, 0) is 47.4 Å². The van der Waals surface area contributed by atoms with Gasteiger partial charge in [-0.25, -0.2) is 0 Å². The van der Waals surface area contributed by atoms with Crippen LogP contribution in [0.15, 0.2) is 72.8 Å². The van der Waals surface area contributed by atoms with Crippen LogP contribution in [0.1, 0.15) is 33.1 Å². The number of rotatable bonds is 2. The van der Waals surface area contributed by atoms with Crippen LogP contribution in [0, 0.1) is 0 Å². The lowest BCUT2D eigenvalue weighted by molar-refractivity contribution is 0.0694. The van der Waals surface area contributed by atoms with E-state index in [0.29, 0.717) is 22.2 Å². The molecule has 0 N–H and O–H groups in total. The fraction of sp³-hybridized carbons (Fsp3) is 0.136. The third-order valence-electron chi connectivity index (χ3n) is 4.82. The van der Waals surface area contributed by atoms with Crippen molar-refractivity contribution < 1.29 is 4.79 Å². The Bertz CT molecular complexity index is 970. The van der Waals surface area contributed by atoms with E-state index in [4.69, 9.17) is 23.2 Å². The van der Waals surface area contributed by atoms with Gasteiger partial charge in [0.25, 0.3) is 5.91 Å². The summed E-state index contributed by atoms with van der Waals surface area (Å²) in [5.74, 6) is -0.0353. The first-order chi connectivity index (χ1) is 12.6. The predicted molar refractivity (Wildman–Crippen MR) is 106 cm³/mol. The molecule has 3 aromatic carbocycles. The second-order valence-electron chi connectivity index (χ2n) is 6.38. The van der Waals surface area contributed by atoms with Crippen molar-refractivity contribution in [2.75, 3.05) is 6.54 Å². The second kappa shape index (κ2) is 7.14. The van der Waals surface area contributed by atoms with Crippen LogP contribution >= 0.6 is 23.2 Å². The number of carbonyl (C=O) groups excluding carboxylic acids is 1. The number of nitrogens with zero attached hydrogens (tertiary/aromatic N) is 1. The molecule has 0 unspecified atom stereocenters. The van der Waals surface area contributed by atoms with Gasteiger partial charge in [0, 0.05) is 22.2 Å². The molecular formula is C22H17Cl2NO. The normalized spacial score (nSPS) is 16.2. The van der Waals surface area contributed by atoms with E-state index in [9.17, 15) is 4.79 Å². The van der Waals surface area contributed by atoms with Crippen molar-refractivity contribution in [1.82, 2.24) is 4.90 Å². The summed E-state index contributed by atoms with van der Waals surface area (Å²) in [5, 5.41) is 1.22. The minimum absolute atomic E-state index is 0.0353. The maximum absolute atomic E-state index is 13.3. The third-order valence-corrected chi connectivity index (χ3v) is 5.39. The highest BCUT2D eigenvalue weighted by molar-refractivity contribution is 6.31. The quantitative estimate of drug-likeness (QED) is 0.550. The van der Waals surface area contributed by atoms with Gasteiger partial charge in [-0.15, -0.1) is 0 Å². The van der Waals surface area contributed by atoms with Crippen molar-refractivity contribution in [3.8, 4) is 0 Å². The summed E-state index contributed by atoms with van der Waals surface area (Å²) in [6.07, 6.45) is 0.823. The molecule has 0 spiro atoms. The highest BCUT2D eigenvalue weighted by Gasteiger charge is 2.33. The van der Waals surface area contributed by atoms with Crippen molar-refractivity contribution in [2.45, 2.75) is 12.5 Å². The molecule has 0 aliphatic carbocycles. The number of fused-ring (bicyclic) bond motifs is 1. The zero-order valence-electron chi connectivity index (χ0n) is 14.0. The molecule has 1 heterocycles. The Labute approximate surface area is 163 Å². The Morgan fingerprint density at radius 2 is 1.62 bits per heavy atom. The van der Waals surface area contributed by atoms with Gasteiger partial charge in [0.15, 0.2) is 0 Å². The van der Waals surface area contributed by atoms with Crippen molar-refractivity contribution in [3.05, 3.63) is 105 Å². The molecule has 0 saturated carbocycles. The molecule has 130 valence electrons. The average molecular weight is 382 g/mol. The predicted octanol–water partition coefficient (Wildman–Crippen LogP) is 5.78. The van der Waals surface area contributed by atoms with E-state index in [1.54, 1.807) is 24.3 Å². The van der Waals surface area contributed by atoms with Crippen LogP contribution in [0.25, 0.3) is 0 Å². The van der Waals surface area contributed by atoms with Crippen LogP contribution < -0.4 is 0 Å². The fourth-order valence-electron chi connectivity index (χ4n) is 3.60. The van der Waals surface area contributed by atoms with Crippen molar-refractivity contribution >= 4 is 29.1 Å². The highest BCUT2D eigenvalue weighted by atomic mass is 35.5. The first-order valence-corrected chi connectivity index (χ1v) is 9.29. The maximum atomic E-state index is 13.3. The molecule has 1 atom stereocenters. The molecule has 0 aromatic heterocycles. The Morgan fingerprint density at radius 1 is 0.885 bits per heavy atom. The summed E-state index contributed by atoms with van der Waals surface area (Å²) in [5.41, 5.74) is 3.92. The van der Waals surface area contributed by atoms with Crippen LogP contribution in [-0.2, 0) is 6.42 Å². The zero-order valence-corrected chi connectivity index (χ0v) is 15.5. The largest absolute Gasteiger partial charge is 0.327 e. The number of hydrogen-bond donors (Lipinski definition) is 0. The molecule has 0 bridgehead atoms. The molecule has 0 radical (unpaired) electrons. The van der Waals surface area contributed by atoms with Gasteiger partial charge in [0.2, 0.25) is 0 Å². The zero-order chi connectivity index (χ0) is 18.1. The number of hydrogen-bond acceptors (Lipinski definition) is 1. The van der Waals surface area contributed by atoms with E-state index >= 15 is 0 Å². The monoisotopic (exact) mass is 381 g/mol. The van der Waals surface area contributed by atoms with E-state index in [1.807, 2.05) is 41.3 Å². The summed E-state index contributed by atoms with van der Waals surface area (Å²) >= 11 is 12.6. The van der Waals surface area contributed by atoms with Gasteiger partial charge in [-0.1, -0.05) is 71.7 Å². The Balaban J connectivity index is 1.83. The van der Waals surface area contributed by atoms with E-state index < -0.39 is 0 Å². The van der Waals surface area contributed by atoms with Gasteiger partial charge in [0.05, 0.1) is 6.04 Å². The first kappa shape index (κ1) is 17.1. The maximum Gasteiger partial charge on any atom is 0.254 e. The molecule has 4 heteroatoms. The van der Waals surface area contributed by atoms with Gasteiger partial charge in [-0.2, -0.15) is 0 Å². The van der Waals surface area contributed by atoms with Crippen molar-refractivity contribution in [3.63, 3.8) is 0 Å². The molecule has 0 fully saturated rings. The minimum atomic E-state index is -0.208. The molecule has 3 aromatic rings. The molecule has 2 nitrogen and oxygen atoms in total. The lowest BCUT2D eigenvalue weighted by Crippen LogP contribution is -2.40. The summed E-state index contributed by atoms with van der Waals surface area (Å²) in [7, 11) is 0. The lowest BCUT2D eigenvalue weighted by Gasteiger charge is -2.38. The average Bonchev–Trinajstić information content (AvgIpc) is 2.67. The SMILES string of the molecule is O=C(c1cccc(Cl)c1)N1CCc2ccccc2[C@@H]1c1ccccc1Cl. The van der Waals surface area contributed by atoms with Crippen LogP contribution in [0.3, 0.4) is 0 Å². The molecule has 4 rings (SSSR count). The number of halogens is 2. The standard InChI is InChI=1S/C22H17Cl2NO/c23-17-8-5-7-16(14-17)22(26)25-13-12-15-6-1-2-9-18(15)21(25)19-10-3-4-11-20(19)24/h1-11,14,21H,12-13H2/t21-/m1/s1. The summed E-state index contributed by atoms with van der Waals surface area (Å²) in [6.45, 7) is 0.637. The lowest BCUT2D eigenvalue weighted by atomic mass is 9.87. The molecule has 26 heavy (non-hydrogen) atoms. The van der Waals surface area contributed by atoms with E-state index in [2.05, 4.69) is 12.1 Å². The van der Waals surface area contributed by atoms with E-state index in [1.165, 1.54) is 5.56 Å². The highest BCUT2D eigenvalue weighted by Crippen LogP contribution is 2.38. The first-order valence-electron chi connectivity index (χ1n) is 8.54. The summed E-state index contributed by atoms with van der Waals surface area (Å²) in [4.78, 5) is 15.2. The minimum Gasteiger partial charge on any atom is -0.327 e. The van der Waals surface area contributed by atoms with Gasteiger partial charge in [-0.3, -0.25) is 4.79 Å². The Kier molecular flexibility index (Phi) is 4.71. The van der Waals surface area contributed by atoms with Crippen molar-refractivity contribution in [1.29, 1.82) is 0 Å². The topological polar surface area (TPSA) is 20.3 Å². The number of carbonyl (C=O) groups is 1. The Hall–Kier alpha value is -2.29. The van der Waals surface area contributed by atoms with Crippen LogP contribution in [0.2, 0.25) is 10.0 Å². The van der Waals surface area contributed by atoms with Crippen LogP contribution in [0.5, 0.6) is 0 Å². The smallest absolute Gasteiger partial charge is 0.254 e. The number of benzene rings is 3. The summed E-state index contributed by atoms with van der Waals surface area (Å²) in [6, 6.07) is 22.9. The molecular weight excluding hydrogens is 365 g/mol. The van der Waals surface area contributed by atoms with Crippen LogP contribution in [0.4, 0.5) is 0 Å².